The molecule has 0 bridgehead atoms. The molecule has 2 aromatic heterocycles. The second-order valence-electron chi connectivity index (χ2n) is 4.54. The van der Waals surface area contributed by atoms with Gasteiger partial charge >= 0.3 is 0 Å². The van der Waals surface area contributed by atoms with Crippen LogP contribution in [-0.4, -0.2) is 17.1 Å². The maximum absolute atomic E-state index is 5.24. The van der Waals surface area contributed by atoms with Crippen LogP contribution < -0.4 is 10.1 Å². The molecule has 0 radical (unpaired) electrons. The summed E-state index contributed by atoms with van der Waals surface area (Å²) in [4.78, 5) is 8.67. The minimum Gasteiger partial charge on any atom is -0.497 e. The summed E-state index contributed by atoms with van der Waals surface area (Å²) < 4.78 is 5.24. The quantitative estimate of drug-likeness (QED) is 0.756. The third-order valence-electron chi connectivity index (χ3n) is 2.98. The van der Waals surface area contributed by atoms with Crippen LogP contribution in [0.15, 0.2) is 54.2 Å². The van der Waals surface area contributed by atoms with Gasteiger partial charge in [-0.05, 0) is 29.8 Å². The van der Waals surface area contributed by atoms with Crippen LogP contribution in [0.25, 0.3) is 0 Å². The molecule has 0 amide bonds. The molecule has 0 unspecified atom stereocenters. The number of halogens is 1. The van der Waals surface area contributed by atoms with E-state index in [2.05, 4.69) is 26.7 Å². The Bertz CT molecular complexity index is 718. The van der Waals surface area contributed by atoms with Gasteiger partial charge in [0, 0.05) is 18.0 Å². The fourth-order valence-electron chi connectivity index (χ4n) is 2.00. The number of aromatic nitrogens is 2. The van der Waals surface area contributed by atoms with Crippen molar-refractivity contribution in [3.8, 4) is 5.75 Å². The summed E-state index contributed by atoms with van der Waals surface area (Å²) in [5, 5.41) is 6.20. The molecule has 114 valence electrons. The summed E-state index contributed by atoms with van der Waals surface area (Å²) >= 11 is 1.59. The Morgan fingerprint density at radius 1 is 1.23 bits per heavy atom. The molecule has 0 aliphatic rings. The monoisotopic (exact) mass is 333 g/mol. The highest BCUT2D eigenvalue weighted by atomic mass is 35.5. The maximum Gasteiger partial charge on any atom is 0.187 e. The number of anilines is 2. The predicted octanol–water partition coefficient (Wildman–Crippen LogP) is 4.30. The van der Waals surface area contributed by atoms with Crippen LogP contribution in [0.3, 0.4) is 0 Å². The first kappa shape index (κ1) is 16.3. The van der Waals surface area contributed by atoms with Gasteiger partial charge < -0.3 is 10.1 Å². The van der Waals surface area contributed by atoms with Gasteiger partial charge in [-0.25, -0.2) is 4.98 Å². The third-order valence-corrected chi connectivity index (χ3v) is 3.79. The normalized spacial score (nSPS) is 9.86. The SMILES string of the molecule is COc1cccc(Cc2csc(Nc3cccnc3)n2)c1.Cl. The van der Waals surface area contributed by atoms with Crippen molar-refractivity contribution in [3.63, 3.8) is 0 Å². The van der Waals surface area contributed by atoms with E-state index in [1.807, 2.05) is 30.3 Å². The minimum absolute atomic E-state index is 0. The molecular weight excluding hydrogens is 318 g/mol. The molecule has 1 aromatic carbocycles. The van der Waals surface area contributed by atoms with E-state index in [1.54, 1.807) is 30.8 Å². The summed E-state index contributed by atoms with van der Waals surface area (Å²) in [6, 6.07) is 11.9. The molecule has 4 nitrogen and oxygen atoms in total. The van der Waals surface area contributed by atoms with E-state index in [0.29, 0.717) is 0 Å². The highest BCUT2D eigenvalue weighted by Gasteiger charge is 2.04. The van der Waals surface area contributed by atoms with Gasteiger partial charge in [0.2, 0.25) is 0 Å². The number of nitrogens with one attached hydrogen (secondary N) is 1. The first-order chi connectivity index (χ1) is 10.3. The number of methoxy groups -OCH3 is 1. The van der Waals surface area contributed by atoms with Crippen LogP contribution in [0, 0.1) is 0 Å². The van der Waals surface area contributed by atoms with Crippen LogP contribution in [0.4, 0.5) is 10.8 Å². The standard InChI is InChI=1S/C16H15N3OS.ClH/c1-20-15-6-2-4-12(9-15)8-14-11-21-16(19-14)18-13-5-3-7-17-10-13;/h2-7,9-11H,8H2,1H3,(H,18,19);1H. The molecule has 3 rings (SSSR count). The van der Waals surface area contributed by atoms with Crippen molar-refractivity contribution >= 4 is 34.6 Å². The zero-order chi connectivity index (χ0) is 14.5. The molecule has 22 heavy (non-hydrogen) atoms. The van der Waals surface area contributed by atoms with E-state index in [1.165, 1.54) is 5.56 Å². The number of hydrogen-bond acceptors (Lipinski definition) is 5. The van der Waals surface area contributed by atoms with Gasteiger partial charge in [0.25, 0.3) is 0 Å². The lowest BCUT2D eigenvalue weighted by molar-refractivity contribution is 0.414. The fraction of sp³-hybridized carbons (Fsp3) is 0.125. The first-order valence-electron chi connectivity index (χ1n) is 6.58. The second-order valence-corrected chi connectivity index (χ2v) is 5.40. The zero-order valence-electron chi connectivity index (χ0n) is 12.0. The Morgan fingerprint density at radius 2 is 2.14 bits per heavy atom. The van der Waals surface area contributed by atoms with Crippen molar-refractivity contribution in [2.75, 3.05) is 12.4 Å². The lowest BCUT2D eigenvalue weighted by Crippen LogP contribution is -1.93. The Hall–Kier alpha value is -2.11. The fourth-order valence-corrected chi connectivity index (χ4v) is 2.73. The highest BCUT2D eigenvalue weighted by molar-refractivity contribution is 7.13. The van der Waals surface area contributed by atoms with Crippen molar-refractivity contribution in [2.24, 2.45) is 0 Å². The van der Waals surface area contributed by atoms with Crippen molar-refractivity contribution < 1.29 is 4.74 Å². The molecule has 0 aliphatic carbocycles. The summed E-state index contributed by atoms with van der Waals surface area (Å²) in [5.41, 5.74) is 3.17. The smallest absolute Gasteiger partial charge is 0.187 e. The van der Waals surface area contributed by atoms with E-state index < -0.39 is 0 Å². The highest BCUT2D eigenvalue weighted by Crippen LogP contribution is 2.22. The molecule has 1 N–H and O–H groups in total. The number of rotatable bonds is 5. The summed E-state index contributed by atoms with van der Waals surface area (Å²) in [6.07, 6.45) is 4.33. The molecule has 0 saturated heterocycles. The average molecular weight is 334 g/mol. The molecule has 0 spiro atoms. The van der Waals surface area contributed by atoms with Crippen molar-refractivity contribution in [1.29, 1.82) is 0 Å². The van der Waals surface area contributed by atoms with Crippen LogP contribution in [0.2, 0.25) is 0 Å². The number of benzene rings is 1. The molecule has 0 aliphatic heterocycles. The van der Waals surface area contributed by atoms with Gasteiger partial charge in [0.1, 0.15) is 5.75 Å². The van der Waals surface area contributed by atoms with E-state index in [0.717, 1.165) is 28.7 Å². The van der Waals surface area contributed by atoms with Crippen LogP contribution >= 0.6 is 23.7 Å². The van der Waals surface area contributed by atoms with Crippen LogP contribution in [0.1, 0.15) is 11.3 Å². The molecule has 6 heteroatoms. The van der Waals surface area contributed by atoms with Crippen LogP contribution in [0.5, 0.6) is 5.75 Å². The Labute approximate surface area is 139 Å². The predicted molar refractivity (Wildman–Crippen MR) is 92.7 cm³/mol. The Balaban J connectivity index is 0.00000176. The maximum atomic E-state index is 5.24. The number of thiazole rings is 1. The number of ether oxygens (including phenoxy) is 1. The van der Waals surface area contributed by atoms with Crippen molar-refractivity contribution in [2.45, 2.75) is 6.42 Å². The van der Waals surface area contributed by atoms with Crippen molar-refractivity contribution in [1.82, 2.24) is 9.97 Å². The second kappa shape index (κ2) is 7.77. The summed E-state index contributed by atoms with van der Waals surface area (Å²) in [6.45, 7) is 0. The number of pyridine rings is 1. The molecular formula is C16H16ClN3OS. The van der Waals surface area contributed by atoms with Gasteiger partial charge in [-0.2, -0.15) is 0 Å². The summed E-state index contributed by atoms with van der Waals surface area (Å²) in [7, 11) is 1.68. The third kappa shape index (κ3) is 4.19. The largest absolute Gasteiger partial charge is 0.497 e. The minimum atomic E-state index is 0. The topological polar surface area (TPSA) is 47.0 Å². The molecule has 3 aromatic rings. The van der Waals surface area contributed by atoms with Gasteiger partial charge in [0.15, 0.2) is 5.13 Å². The van der Waals surface area contributed by atoms with E-state index >= 15 is 0 Å². The van der Waals surface area contributed by atoms with E-state index in [-0.39, 0.29) is 12.4 Å². The van der Waals surface area contributed by atoms with E-state index in [9.17, 15) is 0 Å². The van der Waals surface area contributed by atoms with Gasteiger partial charge in [-0.15, -0.1) is 23.7 Å². The lowest BCUT2D eigenvalue weighted by atomic mass is 10.1. The molecule has 0 fully saturated rings. The average Bonchev–Trinajstić information content (AvgIpc) is 2.95. The van der Waals surface area contributed by atoms with Gasteiger partial charge in [0.05, 0.1) is 24.7 Å². The lowest BCUT2D eigenvalue weighted by Gasteiger charge is -2.03. The Kier molecular flexibility index (Phi) is 5.75. The Morgan fingerprint density at radius 3 is 2.91 bits per heavy atom. The van der Waals surface area contributed by atoms with Gasteiger partial charge in [-0.3, -0.25) is 4.98 Å². The summed E-state index contributed by atoms with van der Waals surface area (Å²) in [5.74, 6) is 0.872. The number of nitrogens with zero attached hydrogens (tertiary/aromatic N) is 2. The first-order valence-corrected chi connectivity index (χ1v) is 7.46. The zero-order valence-corrected chi connectivity index (χ0v) is 13.7. The van der Waals surface area contributed by atoms with Crippen molar-refractivity contribution in [3.05, 3.63) is 65.4 Å². The molecule has 0 atom stereocenters. The van der Waals surface area contributed by atoms with E-state index in [4.69, 9.17) is 4.74 Å². The van der Waals surface area contributed by atoms with Crippen LogP contribution in [-0.2, 0) is 6.42 Å². The van der Waals surface area contributed by atoms with Gasteiger partial charge in [-0.1, -0.05) is 12.1 Å². The molecule has 0 saturated carbocycles. The molecule has 2 heterocycles. The number of hydrogen-bond donors (Lipinski definition) is 1.